The second kappa shape index (κ2) is 4.47. The van der Waals surface area contributed by atoms with Gasteiger partial charge >= 0.3 is 6.18 Å². The molecule has 0 N–H and O–H groups in total. The normalized spacial score (nSPS) is 10.9. The lowest BCUT2D eigenvalue weighted by Gasteiger charge is -2.11. The van der Waals surface area contributed by atoms with Gasteiger partial charge in [-0.25, -0.2) is 9.79 Å². The van der Waals surface area contributed by atoms with Gasteiger partial charge in [0.15, 0.2) is 0 Å². The molecular weight excluding hydrogens is 231 g/mol. The summed E-state index contributed by atoms with van der Waals surface area (Å²) in [6, 6.07) is 3.40. The lowest BCUT2D eigenvalue weighted by atomic mass is 10.1. The van der Waals surface area contributed by atoms with Gasteiger partial charge in [-0.05, 0) is 12.1 Å². The van der Waals surface area contributed by atoms with Crippen LogP contribution in [0.2, 0.25) is 5.02 Å². The van der Waals surface area contributed by atoms with Gasteiger partial charge in [0.05, 0.1) is 12.1 Å². The quantitative estimate of drug-likeness (QED) is 0.572. The van der Waals surface area contributed by atoms with E-state index in [1.54, 1.807) is 0 Å². The van der Waals surface area contributed by atoms with Gasteiger partial charge in [-0.3, -0.25) is 0 Å². The Hall–Kier alpha value is -1.32. The van der Waals surface area contributed by atoms with E-state index in [-0.39, 0.29) is 10.6 Å². The summed E-state index contributed by atoms with van der Waals surface area (Å²) in [5.41, 5.74) is -1.09. The summed E-state index contributed by atoms with van der Waals surface area (Å²) in [5.74, 6) is 0. The zero-order valence-electron chi connectivity index (χ0n) is 7.31. The Balaban J connectivity index is 3.26. The first-order valence-electron chi connectivity index (χ1n) is 3.85. The van der Waals surface area contributed by atoms with Crippen molar-refractivity contribution in [2.45, 2.75) is 12.7 Å². The molecule has 0 saturated heterocycles. The topological polar surface area (TPSA) is 29.4 Å². The van der Waals surface area contributed by atoms with Gasteiger partial charge in [-0.15, -0.1) is 0 Å². The van der Waals surface area contributed by atoms with Crippen LogP contribution >= 0.6 is 11.6 Å². The number of halogens is 4. The Morgan fingerprint density at radius 3 is 2.60 bits per heavy atom. The van der Waals surface area contributed by atoms with Gasteiger partial charge in [0, 0.05) is 10.6 Å². The highest BCUT2D eigenvalue weighted by Gasteiger charge is 2.33. The van der Waals surface area contributed by atoms with Crippen molar-refractivity contribution in [3.05, 3.63) is 34.3 Å². The summed E-state index contributed by atoms with van der Waals surface area (Å²) in [6.45, 7) is -0.419. The molecule has 0 heterocycles. The average molecular weight is 236 g/mol. The average Bonchev–Trinajstić information content (AvgIpc) is 2.14. The molecule has 80 valence electrons. The van der Waals surface area contributed by atoms with Crippen molar-refractivity contribution >= 4 is 17.7 Å². The molecule has 0 unspecified atom stereocenters. The number of rotatable bonds is 2. The van der Waals surface area contributed by atoms with Crippen LogP contribution in [0.25, 0.3) is 0 Å². The summed E-state index contributed by atoms with van der Waals surface area (Å²) in [7, 11) is 0. The molecule has 0 aliphatic carbocycles. The van der Waals surface area contributed by atoms with E-state index in [1.165, 1.54) is 18.2 Å². The van der Waals surface area contributed by atoms with E-state index in [2.05, 4.69) is 4.99 Å². The van der Waals surface area contributed by atoms with Gasteiger partial charge in [0.2, 0.25) is 6.08 Å². The minimum absolute atomic E-state index is 0.0659. The minimum Gasteiger partial charge on any atom is -0.211 e. The fourth-order valence-corrected chi connectivity index (χ4v) is 1.33. The first kappa shape index (κ1) is 11.8. The molecule has 0 aromatic heterocycles. The lowest BCUT2D eigenvalue weighted by molar-refractivity contribution is -0.138. The van der Waals surface area contributed by atoms with Crippen molar-refractivity contribution in [1.82, 2.24) is 0 Å². The molecule has 0 radical (unpaired) electrons. The van der Waals surface area contributed by atoms with Crippen LogP contribution in [-0.2, 0) is 17.5 Å². The summed E-state index contributed by atoms with van der Waals surface area (Å²) in [5, 5.41) is -0.0659. The molecule has 0 amide bonds. The molecule has 0 aliphatic rings. The van der Waals surface area contributed by atoms with E-state index >= 15 is 0 Å². The minimum atomic E-state index is -4.50. The van der Waals surface area contributed by atoms with Crippen LogP contribution in [0.15, 0.2) is 23.2 Å². The van der Waals surface area contributed by atoms with Crippen LogP contribution in [0.3, 0.4) is 0 Å². The summed E-state index contributed by atoms with van der Waals surface area (Å²) >= 11 is 5.58. The number of hydrogen-bond donors (Lipinski definition) is 0. The summed E-state index contributed by atoms with van der Waals surface area (Å²) < 4.78 is 37.4. The third-order valence-corrected chi connectivity index (χ3v) is 2.08. The summed E-state index contributed by atoms with van der Waals surface area (Å²) in [4.78, 5) is 12.9. The van der Waals surface area contributed by atoms with E-state index in [0.29, 0.717) is 0 Å². The molecule has 1 aromatic rings. The van der Waals surface area contributed by atoms with E-state index in [1.807, 2.05) is 0 Å². The third-order valence-electron chi connectivity index (χ3n) is 1.73. The Morgan fingerprint density at radius 1 is 1.40 bits per heavy atom. The highest BCUT2D eigenvalue weighted by atomic mass is 35.5. The molecule has 0 aliphatic heterocycles. The van der Waals surface area contributed by atoms with Crippen molar-refractivity contribution in [1.29, 1.82) is 0 Å². The maximum atomic E-state index is 12.5. The molecule has 0 fully saturated rings. The molecule has 1 rings (SSSR count). The Bertz CT molecular complexity index is 410. The molecule has 0 atom stereocenters. The fraction of sp³-hybridized carbons (Fsp3) is 0.222. The number of aliphatic imine (C=N–C) groups is 1. The predicted molar refractivity (Wildman–Crippen MR) is 48.3 cm³/mol. The highest BCUT2D eigenvalue weighted by molar-refractivity contribution is 6.31. The Labute approximate surface area is 88.4 Å². The number of carbonyl (C=O) groups excluding carboxylic acids is 1. The maximum Gasteiger partial charge on any atom is 0.416 e. The van der Waals surface area contributed by atoms with Crippen molar-refractivity contribution in [2.24, 2.45) is 4.99 Å². The number of nitrogens with zero attached hydrogens (tertiary/aromatic N) is 1. The van der Waals surface area contributed by atoms with E-state index in [4.69, 9.17) is 11.6 Å². The van der Waals surface area contributed by atoms with Crippen LogP contribution in [0.4, 0.5) is 13.2 Å². The van der Waals surface area contributed by atoms with Crippen LogP contribution in [0, 0.1) is 0 Å². The monoisotopic (exact) mass is 235 g/mol. The molecule has 15 heavy (non-hydrogen) atoms. The van der Waals surface area contributed by atoms with Crippen molar-refractivity contribution in [3.63, 3.8) is 0 Å². The van der Waals surface area contributed by atoms with E-state index < -0.39 is 18.3 Å². The van der Waals surface area contributed by atoms with Crippen LogP contribution < -0.4 is 0 Å². The Kier molecular flexibility index (Phi) is 3.50. The van der Waals surface area contributed by atoms with Gasteiger partial charge in [-0.2, -0.15) is 13.2 Å². The molecule has 0 bridgehead atoms. The number of isocyanates is 1. The number of benzene rings is 1. The van der Waals surface area contributed by atoms with Crippen molar-refractivity contribution in [3.8, 4) is 0 Å². The second-order valence-electron chi connectivity index (χ2n) is 2.67. The molecule has 2 nitrogen and oxygen atoms in total. The van der Waals surface area contributed by atoms with Crippen molar-refractivity contribution < 1.29 is 18.0 Å². The molecule has 0 spiro atoms. The maximum absolute atomic E-state index is 12.5. The SMILES string of the molecule is O=C=NCc1c(Cl)cccc1C(F)(F)F. The van der Waals surface area contributed by atoms with Gasteiger partial charge < -0.3 is 0 Å². The number of alkyl halides is 3. The van der Waals surface area contributed by atoms with E-state index in [0.717, 1.165) is 6.07 Å². The molecule has 1 aromatic carbocycles. The summed E-state index contributed by atoms with van der Waals surface area (Å²) in [6.07, 6.45) is -3.33. The lowest BCUT2D eigenvalue weighted by Crippen LogP contribution is -2.09. The van der Waals surface area contributed by atoms with Gasteiger partial charge in [-0.1, -0.05) is 17.7 Å². The Morgan fingerprint density at radius 2 is 2.07 bits per heavy atom. The molecule has 0 saturated carbocycles. The van der Waals surface area contributed by atoms with Crippen LogP contribution in [0.1, 0.15) is 11.1 Å². The molecule has 6 heteroatoms. The highest BCUT2D eigenvalue weighted by Crippen LogP contribution is 2.35. The predicted octanol–water partition coefficient (Wildman–Crippen LogP) is 3.19. The smallest absolute Gasteiger partial charge is 0.211 e. The zero-order valence-corrected chi connectivity index (χ0v) is 8.06. The van der Waals surface area contributed by atoms with E-state index in [9.17, 15) is 18.0 Å². The van der Waals surface area contributed by atoms with Crippen LogP contribution in [0.5, 0.6) is 0 Å². The first-order chi connectivity index (χ1) is 6.96. The van der Waals surface area contributed by atoms with Crippen molar-refractivity contribution in [2.75, 3.05) is 0 Å². The zero-order chi connectivity index (χ0) is 11.5. The van der Waals surface area contributed by atoms with Crippen LogP contribution in [-0.4, -0.2) is 6.08 Å². The second-order valence-corrected chi connectivity index (χ2v) is 3.08. The van der Waals surface area contributed by atoms with Gasteiger partial charge in [0.25, 0.3) is 0 Å². The molecular formula is C9H5ClF3NO. The fourth-order valence-electron chi connectivity index (χ4n) is 1.10. The first-order valence-corrected chi connectivity index (χ1v) is 4.23. The largest absolute Gasteiger partial charge is 0.416 e. The third kappa shape index (κ3) is 2.81. The van der Waals surface area contributed by atoms with Gasteiger partial charge in [0.1, 0.15) is 0 Å². The number of hydrogen-bond acceptors (Lipinski definition) is 2. The standard InChI is InChI=1S/C9H5ClF3NO/c10-8-3-1-2-7(9(11,12)13)6(8)4-14-5-15/h1-3H,4H2.